The Balaban J connectivity index is 2.83. The van der Waals surface area contributed by atoms with E-state index in [1.54, 1.807) is 7.11 Å². The van der Waals surface area contributed by atoms with Gasteiger partial charge in [0.25, 0.3) is 0 Å². The van der Waals surface area contributed by atoms with Crippen LogP contribution in [0.3, 0.4) is 0 Å². The lowest BCUT2D eigenvalue weighted by Crippen LogP contribution is -1.97. The molecule has 2 heteroatoms. The summed E-state index contributed by atoms with van der Waals surface area (Å²) in [4.78, 5) is 0.528. The molecular formula is C11H15BrO. The minimum atomic E-state index is 0.528. The molecule has 0 heterocycles. The molecule has 0 bridgehead atoms. The van der Waals surface area contributed by atoms with Crippen molar-refractivity contribution in [1.82, 2.24) is 0 Å². The van der Waals surface area contributed by atoms with E-state index in [4.69, 9.17) is 4.74 Å². The van der Waals surface area contributed by atoms with E-state index in [1.807, 2.05) is 6.07 Å². The molecule has 0 radical (unpaired) electrons. The minimum Gasteiger partial charge on any atom is -0.496 e. The molecule has 1 atom stereocenters. The van der Waals surface area contributed by atoms with Crippen LogP contribution in [0.1, 0.15) is 18.1 Å². The Morgan fingerprint density at radius 3 is 2.62 bits per heavy atom. The van der Waals surface area contributed by atoms with Crippen molar-refractivity contribution in [2.75, 3.05) is 7.11 Å². The second kappa shape index (κ2) is 4.66. The first-order valence-electron chi connectivity index (χ1n) is 4.41. The van der Waals surface area contributed by atoms with Crippen molar-refractivity contribution in [2.24, 2.45) is 0 Å². The molecular weight excluding hydrogens is 228 g/mol. The van der Waals surface area contributed by atoms with Gasteiger partial charge >= 0.3 is 0 Å². The van der Waals surface area contributed by atoms with Gasteiger partial charge in [-0.05, 0) is 30.5 Å². The van der Waals surface area contributed by atoms with Gasteiger partial charge in [-0.25, -0.2) is 0 Å². The van der Waals surface area contributed by atoms with Crippen LogP contribution in [0.4, 0.5) is 0 Å². The molecule has 0 aliphatic heterocycles. The molecule has 0 aromatic heterocycles. The second-order valence-electron chi connectivity index (χ2n) is 3.29. The largest absolute Gasteiger partial charge is 0.496 e. The van der Waals surface area contributed by atoms with E-state index in [1.165, 1.54) is 11.1 Å². The number of hydrogen-bond acceptors (Lipinski definition) is 1. The molecule has 0 aliphatic rings. The van der Waals surface area contributed by atoms with E-state index in [0.29, 0.717) is 4.83 Å². The molecule has 0 N–H and O–H groups in total. The lowest BCUT2D eigenvalue weighted by molar-refractivity contribution is 0.411. The first-order valence-corrected chi connectivity index (χ1v) is 5.32. The van der Waals surface area contributed by atoms with Crippen molar-refractivity contribution in [3.8, 4) is 5.75 Å². The van der Waals surface area contributed by atoms with E-state index in [-0.39, 0.29) is 0 Å². The first kappa shape index (κ1) is 10.6. The van der Waals surface area contributed by atoms with Crippen molar-refractivity contribution in [3.63, 3.8) is 0 Å². The van der Waals surface area contributed by atoms with Crippen LogP contribution in [0.25, 0.3) is 0 Å². The summed E-state index contributed by atoms with van der Waals surface area (Å²) in [6.45, 7) is 4.22. The lowest BCUT2D eigenvalue weighted by atomic mass is 10.1. The first-order chi connectivity index (χ1) is 6.13. The number of alkyl halides is 1. The standard InChI is InChI=1S/C11H15BrO/c1-8-6-10(7-9(2)12)4-5-11(8)13-3/h4-6,9H,7H2,1-3H3. The molecule has 1 unspecified atom stereocenters. The van der Waals surface area contributed by atoms with Crippen molar-refractivity contribution >= 4 is 15.9 Å². The maximum Gasteiger partial charge on any atom is 0.121 e. The lowest BCUT2D eigenvalue weighted by Gasteiger charge is -2.08. The number of ether oxygens (including phenoxy) is 1. The van der Waals surface area contributed by atoms with Gasteiger partial charge in [0.05, 0.1) is 7.11 Å². The quantitative estimate of drug-likeness (QED) is 0.740. The fraction of sp³-hybridized carbons (Fsp3) is 0.455. The predicted octanol–water partition coefficient (Wildman–Crippen LogP) is 3.33. The summed E-state index contributed by atoms with van der Waals surface area (Å²) in [7, 11) is 1.70. The summed E-state index contributed by atoms with van der Waals surface area (Å²) in [6.07, 6.45) is 1.06. The third-order valence-electron chi connectivity index (χ3n) is 1.98. The van der Waals surface area contributed by atoms with Crippen LogP contribution in [-0.4, -0.2) is 11.9 Å². The summed E-state index contributed by atoms with van der Waals surface area (Å²) in [5, 5.41) is 0. The highest BCUT2D eigenvalue weighted by molar-refractivity contribution is 9.09. The van der Waals surface area contributed by atoms with E-state index in [2.05, 4.69) is 41.9 Å². The zero-order chi connectivity index (χ0) is 9.84. The maximum absolute atomic E-state index is 5.19. The zero-order valence-electron chi connectivity index (χ0n) is 8.30. The molecule has 0 spiro atoms. The van der Waals surface area contributed by atoms with Crippen molar-refractivity contribution < 1.29 is 4.74 Å². The van der Waals surface area contributed by atoms with Gasteiger partial charge in [0.15, 0.2) is 0 Å². The second-order valence-corrected chi connectivity index (χ2v) is 4.85. The molecule has 1 aromatic carbocycles. The Morgan fingerprint density at radius 1 is 1.46 bits per heavy atom. The molecule has 72 valence electrons. The topological polar surface area (TPSA) is 9.23 Å². The van der Waals surface area contributed by atoms with Crippen LogP contribution < -0.4 is 4.74 Å². The summed E-state index contributed by atoms with van der Waals surface area (Å²) < 4.78 is 5.19. The fourth-order valence-corrected chi connectivity index (χ4v) is 1.77. The highest BCUT2D eigenvalue weighted by atomic mass is 79.9. The number of aryl methyl sites for hydroxylation is 1. The van der Waals surface area contributed by atoms with Crippen LogP contribution in [0.2, 0.25) is 0 Å². The van der Waals surface area contributed by atoms with Crippen molar-refractivity contribution in [2.45, 2.75) is 25.1 Å². The van der Waals surface area contributed by atoms with Gasteiger partial charge in [-0.3, -0.25) is 0 Å². The number of halogens is 1. The molecule has 13 heavy (non-hydrogen) atoms. The highest BCUT2D eigenvalue weighted by Crippen LogP contribution is 2.20. The highest BCUT2D eigenvalue weighted by Gasteiger charge is 2.02. The maximum atomic E-state index is 5.19. The third kappa shape index (κ3) is 3.03. The fourth-order valence-electron chi connectivity index (χ4n) is 1.39. The zero-order valence-corrected chi connectivity index (χ0v) is 9.89. The molecule has 0 aliphatic carbocycles. The van der Waals surface area contributed by atoms with Crippen LogP contribution >= 0.6 is 15.9 Å². The molecule has 1 aromatic rings. The summed E-state index contributed by atoms with van der Waals surface area (Å²) in [5.41, 5.74) is 2.55. The molecule has 0 saturated carbocycles. The minimum absolute atomic E-state index is 0.528. The van der Waals surface area contributed by atoms with E-state index in [0.717, 1.165) is 12.2 Å². The number of benzene rings is 1. The van der Waals surface area contributed by atoms with E-state index in [9.17, 15) is 0 Å². The van der Waals surface area contributed by atoms with Gasteiger partial charge in [0, 0.05) is 4.83 Å². The Morgan fingerprint density at radius 2 is 2.15 bits per heavy atom. The monoisotopic (exact) mass is 242 g/mol. The Labute approximate surface area is 88.2 Å². The molecule has 0 saturated heterocycles. The molecule has 0 amide bonds. The Kier molecular flexibility index (Phi) is 3.79. The van der Waals surface area contributed by atoms with Crippen LogP contribution in [0.5, 0.6) is 5.75 Å². The third-order valence-corrected chi connectivity index (χ3v) is 2.30. The van der Waals surface area contributed by atoms with E-state index >= 15 is 0 Å². The van der Waals surface area contributed by atoms with Gasteiger partial charge in [0.2, 0.25) is 0 Å². The van der Waals surface area contributed by atoms with Gasteiger partial charge in [0.1, 0.15) is 5.75 Å². The SMILES string of the molecule is COc1ccc(CC(C)Br)cc1C. The summed E-state index contributed by atoms with van der Waals surface area (Å²) in [5.74, 6) is 0.964. The van der Waals surface area contributed by atoms with E-state index < -0.39 is 0 Å². The Bertz CT molecular complexity index is 281. The number of rotatable bonds is 3. The van der Waals surface area contributed by atoms with Crippen LogP contribution in [-0.2, 0) is 6.42 Å². The van der Waals surface area contributed by atoms with Gasteiger partial charge < -0.3 is 4.74 Å². The van der Waals surface area contributed by atoms with Crippen LogP contribution in [0.15, 0.2) is 18.2 Å². The summed E-state index contributed by atoms with van der Waals surface area (Å²) >= 11 is 3.54. The normalized spacial score (nSPS) is 12.6. The number of methoxy groups -OCH3 is 1. The van der Waals surface area contributed by atoms with Gasteiger partial charge in [-0.15, -0.1) is 0 Å². The van der Waals surface area contributed by atoms with Crippen molar-refractivity contribution in [1.29, 1.82) is 0 Å². The van der Waals surface area contributed by atoms with Gasteiger partial charge in [-0.1, -0.05) is 35.0 Å². The molecule has 1 nitrogen and oxygen atoms in total. The van der Waals surface area contributed by atoms with Crippen LogP contribution in [0, 0.1) is 6.92 Å². The number of hydrogen-bond donors (Lipinski definition) is 0. The average Bonchev–Trinajstić information content (AvgIpc) is 2.03. The van der Waals surface area contributed by atoms with Crippen molar-refractivity contribution in [3.05, 3.63) is 29.3 Å². The predicted molar refractivity (Wildman–Crippen MR) is 59.8 cm³/mol. The Hall–Kier alpha value is -0.500. The smallest absolute Gasteiger partial charge is 0.121 e. The average molecular weight is 243 g/mol. The molecule has 1 rings (SSSR count). The summed E-state index contributed by atoms with van der Waals surface area (Å²) in [6, 6.07) is 6.32. The van der Waals surface area contributed by atoms with Gasteiger partial charge in [-0.2, -0.15) is 0 Å². The molecule has 0 fully saturated rings.